The molecule has 1 fully saturated rings. The van der Waals surface area contributed by atoms with Crippen LogP contribution in [0.4, 0.5) is 29.7 Å². The van der Waals surface area contributed by atoms with Crippen molar-refractivity contribution < 1.29 is 18.0 Å². The van der Waals surface area contributed by atoms with Crippen molar-refractivity contribution >= 4 is 33.8 Å². The van der Waals surface area contributed by atoms with Crippen LogP contribution in [0.1, 0.15) is 23.3 Å². The molecule has 32 heavy (non-hydrogen) atoms. The second-order valence-corrected chi connectivity index (χ2v) is 8.65. The van der Waals surface area contributed by atoms with Crippen LogP contribution < -0.4 is 21.7 Å². The quantitative estimate of drug-likeness (QED) is 0.546. The Kier molecular flexibility index (Phi) is 6.07. The second kappa shape index (κ2) is 8.79. The molecule has 12 heteroatoms. The van der Waals surface area contributed by atoms with Crippen LogP contribution in [0, 0.1) is 11.6 Å². The molecule has 170 valence electrons. The number of anilines is 3. The van der Waals surface area contributed by atoms with E-state index in [2.05, 4.69) is 15.4 Å². The van der Waals surface area contributed by atoms with E-state index in [-0.39, 0.29) is 40.3 Å². The minimum Gasteiger partial charge on any atom is -0.389 e. The number of nitrogens with one attached hydrogen (secondary N) is 1. The Morgan fingerprint density at radius 2 is 2.03 bits per heavy atom. The molecule has 0 unspecified atom stereocenters. The Bertz CT molecular complexity index is 1130. The number of hydrogen-bond acceptors (Lipinski definition) is 7. The van der Waals surface area contributed by atoms with Gasteiger partial charge in [-0.3, -0.25) is 9.48 Å². The summed E-state index contributed by atoms with van der Waals surface area (Å²) < 4.78 is 44.0. The lowest BCUT2D eigenvalue weighted by molar-refractivity contribution is 0.102. The number of carbonyl (C=O) groups excluding carboxylic acids is 1. The number of aryl methyl sites for hydroxylation is 1. The SMILES string of the molecule is Cn1ncc(NC(=O)c2nc(-c3c(F)cccc3F)sc2N)c1N1CC[C@@H](N)C[C@@H](F)C1. The first-order chi connectivity index (χ1) is 15.2. The van der Waals surface area contributed by atoms with Gasteiger partial charge in [-0.25, -0.2) is 18.2 Å². The zero-order valence-electron chi connectivity index (χ0n) is 17.2. The number of benzene rings is 1. The summed E-state index contributed by atoms with van der Waals surface area (Å²) in [5.41, 5.74) is 11.7. The molecule has 0 radical (unpaired) electrons. The van der Waals surface area contributed by atoms with Crippen molar-refractivity contribution in [2.24, 2.45) is 12.8 Å². The fourth-order valence-corrected chi connectivity index (χ4v) is 4.62. The number of aromatic nitrogens is 3. The highest BCUT2D eigenvalue weighted by atomic mass is 32.1. The fourth-order valence-electron chi connectivity index (χ4n) is 3.74. The molecule has 0 saturated carbocycles. The summed E-state index contributed by atoms with van der Waals surface area (Å²) in [6.07, 6.45) is 1.18. The third-order valence-corrected chi connectivity index (χ3v) is 6.15. The first-order valence-electron chi connectivity index (χ1n) is 9.93. The fraction of sp³-hybridized carbons (Fsp3) is 0.350. The predicted octanol–water partition coefficient (Wildman–Crippen LogP) is 2.92. The lowest BCUT2D eigenvalue weighted by atomic mass is 10.1. The number of nitrogens with zero attached hydrogens (tertiary/aromatic N) is 4. The molecular weight excluding hydrogens is 443 g/mol. The van der Waals surface area contributed by atoms with Crippen molar-refractivity contribution in [1.29, 1.82) is 0 Å². The minimum absolute atomic E-state index is 0.00941. The maximum Gasteiger partial charge on any atom is 0.277 e. The van der Waals surface area contributed by atoms with Crippen molar-refractivity contribution in [2.75, 3.05) is 29.0 Å². The van der Waals surface area contributed by atoms with Crippen LogP contribution in [0.2, 0.25) is 0 Å². The summed E-state index contributed by atoms with van der Waals surface area (Å²) in [6, 6.07) is 3.19. The van der Waals surface area contributed by atoms with Crippen LogP contribution in [0.15, 0.2) is 24.4 Å². The number of amides is 1. The number of nitrogens with two attached hydrogens (primary N) is 2. The molecule has 2 atom stereocenters. The van der Waals surface area contributed by atoms with Gasteiger partial charge in [-0.1, -0.05) is 17.4 Å². The number of rotatable bonds is 4. The number of alkyl halides is 1. The van der Waals surface area contributed by atoms with Crippen molar-refractivity contribution in [1.82, 2.24) is 14.8 Å². The van der Waals surface area contributed by atoms with E-state index >= 15 is 0 Å². The minimum atomic E-state index is -1.11. The topological polar surface area (TPSA) is 115 Å². The molecule has 0 bridgehead atoms. The lowest BCUT2D eigenvalue weighted by Gasteiger charge is -2.24. The van der Waals surface area contributed by atoms with Gasteiger partial charge in [0.1, 0.15) is 33.5 Å². The number of hydrogen-bond donors (Lipinski definition) is 3. The van der Waals surface area contributed by atoms with E-state index in [1.54, 1.807) is 11.9 Å². The van der Waals surface area contributed by atoms with E-state index in [4.69, 9.17) is 11.5 Å². The summed E-state index contributed by atoms with van der Waals surface area (Å²) in [7, 11) is 1.68. The summed E-state index contributed by atoms with van der Waals surface area (Å²) in [6.45, 7) is 0.616. The van der Waals surface area contributed by atoms with Gasteiger partial charge in [-0.2, -0.15) is 5.10 Å². The monoisotopic (exact) mass is 465 g/mol. The molecule has 3 aromatic rings. The molecule has 4 rings (SSSR count). The van der Waals surface area contributed by atoms with Crippen LogP contribution in [0.5, 0.6) is 0 Å². The number of halogens is 3. The highest BCUT2D eigenvalue weighted by Crippen LogP contribution is 2.34. The second-order valence-electron chi connectivity index (χ2n) is 7.62. The molecule has 1 saturated heterocycles. The highest BCUT2D eigenvalue weighted by Gasteiger charge is 2.27. The van der Waals surface area contributed by atoms with E-state index < -0.39 is 23.7 Å². The lowest BCUT2D eigenvalue weighted by Crippen LogP contribution is -2.31. The maximum absolute atomic E-state index is 14.3. The van der Waals surface area contributed by atoms with Gasteiger partial charge in [0, 0.05) is 19.6 Å². The average Bonchev–Trinajstić information content (AvgIpc) is 3.22. The Labute approximate surface area is 186 Å². The highest BCUT2D eigenvalue weighted by molar-refractivity contribution is 7.19. The number of carbonyl (C=O) groups is 1. The maximum atomic E-state index is 14.3. The molecule has 0 spiro atoms. The molecule has 1 aliphatic rings. The molecule has 1 aromatic carbocycles. The van der Waals surface area contributed by atoms with Crippen LogP contribution in [0.25, 0.3) is 10.6 Å². The first kappa shape index (κ1) is 22.1. The summed E-state index contributed by atoms with van der Waals surface area (Å²) in [5.74, 6) is -1.76. The van der Waals surface area contributed by atoms with Gasteiger partial charge in [-0.15, -0.1) is 0 Å². The molecule has 0 aliphatic carbocycles. The zero-order valence-corrected chi connectivity index (χ0v) is 18.0. The average molecular weight is 466 g/mol. The van der Waals surface area contributed by atoms with Crippen molar-refractivity contribution in [3.63, 3.8) is 0 Å². The normalized spacial score (nSPS) is 19.1. The summed E-state index contributed by atoms with van der Waals surface area (Å²) in [5, 5.41) is 6.82. The zero-order chi connectivity index (χ0) is 23.0. The number of nitrogen functional groups attached to an aromatic ring is 1. The van der Waals surface area contributed by atoms with Crippen molar-refractivity contribution in [3.05, 3.63) is 41.7 Å². The van der Waals surface area contributed by atoms with Gasteiger partial charge in [0.25, 0.3) is 5.91 Å². The largest absolute Gasteiger partial charge is 0.389 e. The Hall–Kier alpha value is -3.12. The van der Waals surface area contributed by atoms with Gasteiger partial charge in [0.05, 0.1) is 18.3 Å². The number of thiazole rings is 1. The van der Waals surface area contributed by atoms with Crippen LogP contribution in [-0.2, 0) is 7.05 Å². The van der Waals surface area contributed by atoms with Crippen LogP contribution >= 0.6 is 11.3 Å². The molecule has 8 nitrogen and oxygen atoms in total. The van der Waals surface area contributed by atoms with Crippen molar-refractivity contribution in [2.45, 2.75) is 25.1 Å². The molecule has 1 amide bonds. The van der Waals surface area contributed by atoms with Gasteiger partial charge >= 0.3 is 0 Å². The van der Waals surface area contributed by atoms with E-state index in [0.29, 0.717) is 24.5 Å². The van der Waals surface area contributed by atoms with Gasteiger partial charge in [0.15, 0.2) is 11.5 Å². The Balaban J connectivity index is 1.60. The van der Waals surface area contributed by atoms with Crippen molar-refractivity contribution in [3.8, 4) is 10.6 Å². The smallest absolute Gasteiger partial charge is 0.277 e. The predicted molar refractivity (Wildman–Crippen MR) is 117 cm³/mol. The summed E-state index contributed by atoms with van der Waals surface area (Å²) >= 11 is 0.807. The molecule has 3 heterocycles. The Morgan fingerprint density at radius 1 is 1.31 bits per heavy atom. The summed E-state index contributed by atoms with van der Waals surface area (Å²) in [4.78, 5) is 18.7. The third kappa shape index (κ3) is 4.28. The molecular formula is C20H22F3N7OS. The van der Waals surface area contributed by atoms with E-state index in [0.717, 1.165) is 23.5 Å². The Morgan fingerprint density at radius 3 is 2.75 bits per heavy atom. The molecule has 2 aromatic heterocycles. The van der Waals surface area contributed by atoms with E-state index in [9.17, 15) is 18.0 Å². The third-order valence-electron chi connectivity index (χ3n) is 5.25. The van der Waals surface area contributed by atoms with Gasteiger partial charge in [-0.05, 0) is 25.0 Å². The molecule has 5 N–H and O–H groups in total. The molecule has 1 aliphatic heterocycles. The first-order valence-corrected chi connectivity index (χ1v) is 10.7. The van der Waals surface area contributed by atoms with E-state index in [1.807, 2.05) is 0 Å². The van der Waals surface area contributed by atoms with Crippen LogP contribution in [-0.4, -0.2) is 46.0 Å². The van der Waals surface area contributed by atoms with Gasteiger partial charge < -0.3 is 21.7 Å². The van der Waals surface area contributed by atoms with Crippen LogP contribution in [0.3, 0.4) is 0 Å². The van der Waals surface area contributed by atoms with E-state index in [1.165, 1.54) is 16.9 Å². The van der Waals surface area contributed by atoms with Gasteiger partial charge in [0.2, 0.25) is 0 Å². The standard InChI is InChI=1S/C20H22F3N7OS/c1-29-20(30-6-5-11(24)7-10(21)9-30)14(8-26-29)27-18(31)16-17(25)32-19(28-16)15-12(22)3-2-4-13(15)23/h2-4,8,10-11H,5-7,9,24-25H2,1H3,(H,27,31)/t10-,11-/m1/s1.